The van der Waals surface area contributed by atoms with E-state index in [9.17, 15) is 5.11 Å². The molecule has 0 aliphatic rings. The smallest absolute Gasteiger partial charge is 0.0761 e. The first kappa shape index (κ1) is 15.6. The Balaban J connectivity index is 2.09. The van der Waals surface area contributed by atoms with Crippen LogP contribution in [0.1, 0.15) is 36.9 Å². The van der Waals surface area contributed by atoms with Crippen LogP contribution in [0.15, 0.2) is 33.6 Å². The zero-order chi connectivity index (χ0) is 14.7. The molecule has 0 radical (unpaired) electrons. The van der Waals surface area contributed by atoms with Gasteiger partial charge in [0.25, 0.3) is 0 Å². The maximum atomic E-state index is 9.51. The predicted octanol–water partition coefficient (Wildman–Crippen LogP) is 4.32. The molecule has 0 saturated heterocycles. The first-order valence-electron chi connectivity index (χ1n) is 6.65. The monoisotopic (exact) mass is 354 g/mol. The first-order valence-corrected chi connectivity index (χ1v) is 8.43. The highest BCUT2D eigenvalue weighted by molar-refractivity contribution is 9.10. The molecule has 1 unspecified atom stereocenters. The Morgan fingerprint density at radius 3 is 2.55 bits per heavy atom. The van der Waals surface area contributed by atoms with Gasteiger partial charge in [-0.3, -0.25) is 4.68 Å². The maximum absolute atomic E-state index is 9.51. The minimum atomic E-state index is -0.410. The van der Waals surface area contributed by atoms with Crippen molar-refractivity contribution in [3.8, 4) is 0 Å². The predicted molar refractivity (Wildman–Crippen MR) is 87.0 cm³/mol. The van der Waals surface area contributed by atoms with E-state index in [2.05, 4.69) is 40.1 Å². The quantitative estimate of drug-likeness (QED) is 0.812. The standard InChI is InChI=1S/C15H19BrN2OS/c1-4-18-14(15(16)10(2)17-18)9-20-13-7-5-12(6-8-13)11(3)19/h5-8,11,19H,4,9H2,1-3H3. The summed E-state index contributed by atoms with van der Waals surface area (Å²) in [7, 11) is 0. The van der Waals surface area contributed by atoms with Crippen LogP contribution in [0.5, 0.6) is 0 Å². The van der Waals surface area contributed by atoms with Crippen molar-refractivity contribution < 1.29 is 5.11 Å². The van der Waals surface area contributed by atoms with Gasteiger partial charge in [-0.05, 0) is 54.4 Å². The van der Waals surface area contributed by atoms with Crippen LogP contribution in [0.2, 0.25) is 0 Å². The molecule has 0 spiro atoms. The van der Waals surface area contributed by atoms with E-state index >= 15 is 0 Å². The van der Waals surface area contributed by atoms with E-state index in [1.54, 1.807) is 18.7 Å². The zero-order valence-corrected chi connectivity index (χ0v) is 14.3. The van der Waals surface area contributed by atoms with Gasteiger partial charge in [0.15, 0.2) is 0 Å². The van der Waals surface area contributed by atoms with E-state index in [1.807, 2.05) is 23.7 Å². The van der Waals surface area contributed by atoms with Gasteiger partial charge in [0.2, 0.25) is 0 Å². The summed E-state index contributed by atoms with van der Waals surface area (Å²) in [6, 6.07) is 8.06. The second-order valence-electron chi connectivity index (χ2n) is 4.70. The molecule has 0 aliphatic heterocycles. The van der Waals surface area contributed by atoms with E-state index in [1.165, 1.54) is 10.6 Å². The van der Waals surface area contributed by atoms with Crippen LogP contribution >= 0.6 is 27.7 Å². The molecular weight excluding hydrogens is 336 g/mol. The lowest BCUT2D eigenvalue weighted by Crippen LogP contribution is -2.01. The van der Waals surface area contributed by atoms with Crippen molar-refractivity contribution in [3.63, 3.8) is 0 Å². The summed E-state index contributed by atoms with van der Waals surface area (Å²) in [5.74, 6) is 0.878. The maximum Gasteiger partial charge on any atom is 0.0761 e. The fourth-order valence-corrected chi connectivity index (χ4v) is 3.54. The summed E-state index contributed by atoms with van der Waals surface area (Å²) in [6.07, 6.45) is -0.410. The van der Waals surface area contributed by atoms with E-state index in [-0.39, 0.29) is 0 Å². The van der Waals surface area contributed by atoms with Crippen LogP contribution in [0.3, 0.4) is 0 Å². The van der Waals surface area contributed by atoms with Crippen molar-refractivity contribution in [2.24, 2.45) is 0 Å². The van der Waals surface area contributed by atoms with E-state index < -0.39 is 6.10 Å². The Morgan fingerprint density at radius 2 is 2.00 bits per heavy atom. The van der Waals surface area contributed by atoms with Gasteiger partial charge < -0.3 is 5.11 Å². The lowest BCUT2D eigenvalue weighted by molar-refractivity contribution is 0.199. The van der Waals surface area contributed by atoms with Gasteiger partial charge in [0.05, 0.1) is 22.0 Å². The Hall–Kier alpha value is -0.780. The summed E-state index contributed by atoms with van der Waals surface area (Å²) in [5.41, 5.74) is 3.20. The molecule has 1 heterocycles. The molecule has 108 valence electrons. The molecule has 1 N–H and O–H groups in total. The van der Waals surface area contributed by atoms with Gasteiger partial charge in [-0.15, -0.1) is 11.8 Å². The number of hydrogen-bond donors (Lipinski definition) is 1. The van der Waals surface area contributed by atoms with Crippen molar-refractivity contribution in [2.75, 3.05) is 0 Å². The average Bonchev–Trinajstić information content (AvgIpc) is 2.72. The second kappa shape index (κ2) is 6.78. The summed E-state index contributed by atoms with van der Waals surface area (Å²) in [5, 5.41) is 14.0. The number of halogens is 1. The number of rotatable bonds is 5. The minimum absolute atomic E-state index is 0.410. The largest absolute Gasteiger partial charge is 0.389 e. The van der Waals surface area contributed by atoms with Crippen LogP contribution in [0.4, 0.5) is 0 Å². The Morgan fingerprint density at radius 1 is 1.35 bits per heavy atom. The third-order valence-electron chi connectivity index (χ3n) is 3.19. The van der Waals surface area contributed by atoms with E-state index in [0.717, 1.165) is 28.0 Å². The van der Waals surface area contributed by atoms with Gasteiger partial charge in [-0.25, -0.2) is 0 Å². The van der Waals surface area contributed by atoms with Gasteiger partial charge in [-0.2, -0.15) is 5.10 Å². The summed E-state index contributed by atoms with van der Waals surface area (Å²) >= 11 is 5.39. The molecule has 0 amide bonds. The van der Waals surface area contributed by atoms with Gasteiger partial charge in [-0.1, -0.05) is 12.1 Å². The minimum Gasteiger partial charge on any atom is -0.389 e. The molecule has 0 saturated carbocycles. The fourth-order valence-electron chi connectivity index (χ4n) is 2.00. The zero-order valence-electron chi connectivity index (χ0n) is 11.9. The van der Waals surface area contributed by atoms with E-state index in [4.69, 9.17) is 0 Å². The summed E-state index contributed by atoms with van der Waals surface area (Å²) in [4.78, 5) is 1.20. The molecule has 2 aromatic rings. The highest BCUT2D eigenvalue weighted by atomic mass is 79.9. The third-order valence-corrected chi connectivity index (χ3v) is 5.25. The Labute approximate surface area is 132 Å². The average molecular weight is 355 g/mol. The normalized spacial score (nSPS) is 12.7. The Kier molecular flexibility index (Phi) is 5.29. The van der Waals surface area contributed by atoms with Crippen molar-refractivity contribution in [1.29, 1.82) is 0 Å². The number of hydrogen-bond acceptors (Lipinski definition) is 3. The number of aromatic nitrogens is 2. The molecule has 20 heavy (non-hydrogen) atoms. The number of benzene rings is 1. The fraction of sp³-hybridized carbons (Fsp3) is 0.400. The SMILES string of the molecule is CCn1nc(C)c(Br)c1CSc1ccc(C(C)O)cc1. The van der Waals surface area contributed by atoms with E-state index in [0.29, 0.717) is 0 Å². The molecule has 1 aromatic heterocycles. The molecule has 1 atom stereocenters. The molecule has 0 fully saturated rings. The molecule has 3 nitrogen and oxygen atoms in total. The van der Waals surface area contributed by atoms with Crippen LogP contribution in [-0.4, -0.2) is 14.9 Å². The second-order valence-corrected chi connectivity index (χ2v) is 6.54. The number of thioether (sulfide) groups is 1. The van der Waals surface area contributed by atoms with Crippen molar-refractivity contribution >= 4 is 27.7 Å². The van der Waals surface area contributed by atoms with Crippen LogP contribution in [-0.2, 0) is 12.3 Å². The molecular formula is C15H19BrN2OS. The summed E-state index contributed by atoms with van der Waals surface area (Å²) < 4.78 is 3.14. The number of aliphatic hydroxyl groups excluding tert-OH is 1. The lowest BCUT2D eigenvalue weighted by atomic mass is 10.1. The highest BCUT2D eigenvalue weighted by Gasteiger charge is 2.12. The molecule has 0 bridgehead atoms. The highest BCUT2D eigenvalue weighted by Crippen LogP contribution is 2.29. The third kappa shape index (κ3) is 3.45. The van der Waals surface area contributed by atoms with Crippen molar-refractivity contribution in [2.45, 2.75) is 44.1 Å². The number of nitrogens with zero attached hydrogens (tertiary/aromatic N) is 2. The van der Waals surface area contributed by atoms with Crippen LogP contribution in [0.25, 0.3) is 0 Å². The first-order chi connectivity index (χ1) is 9.52. The van der Waals surface area contributed by atoms with Gasteiger partial charge in [0.1, 0.15) is 0 Å². The van der Waals surface area contributed by atoms with Crippen molar-refractivity contribution in [3.05, 3.63) is 45.7 Å². The Bertz CT molecular complexity index is 578. The number of aryl methyl sites for hydroxylation is 2. The molecule has 1 aromatic carbocycles. The molecule has 2 rings (SSSR count). The topological polar surface area (TPSA) is 38.0 Å². The van der Waals surface area contributed by atoms with Crippen molar-refractivity contribution in [1.82, 2.24) is 9.78 Å². The van der Waals surface area contributed by atoms with Gasteiger partial charge in [0, 0.05) is 17.2 Å². The molecule has 5 heteroatoms. The number of aliphatic hydroxyl groups is 1. The lowest BCUT2D eigenvalue weighted by Gasteiger charge is -2.07. The molecule has 0 aliphatic carbocycles. The van der Waals surface area contributed by atoms with Gasteiger partial charge >= 0.3 is 0 Å². The van der Waals surface area contributed by atoms with Crippen LogP contribution in [0, 0.1) is 6.92 Å². The van der Waals surface area contributed by atoms with Crippen LogP contribution < -0.4 is 0 Å². The summed E-state index contributed by atoms with van der Waals surface area (Å²) in [6.45, 7) is 6.78.